The van der Waals surface area contributed by atoms with Gasteiger partial charge in [-0.25, -0.2) is 0 Å². The molecule has 0 fully saturated rings. The molecule has 0 heterocycles. The van der Waals surface area contributed by atoms with Crippen molar-refractivity contribution in [3.63, 3.8) is 0 Å². The van der Waals surface area contributed by atoms with Crippen molar-refractivity contribution >= 4 is 0 Å². The summed E-state index contributed by atoms with van der Waals surface area (Å²) in [5, 5.41) is 0. The lowest BCUT2D eigenvalue weighted by molar-refractivity contribution is 0.242. The van der Waals surface area contributed by atoms with Gasteiger partial charge in [0.05, 0.1) is 0 Å². The van der Waals surface area contributed by atoms with Crippen molar-refractivity contribution in [2.45, 2.75) is 89.9 Å². The largest absolute Gasteiger partial charge is 0.0885 e. The lowest BCUT2D eigenvalue weighted by Crippen LogP contribution is -2.16. The summed E-state index contributed by atoms with van der Waals surface area (Å²) in [5.41, 5.74) is 0. The van der Waals surface area contributed by atoms with Crippen molar-refractivity contribution in [3.8, 4) is 0 Å². The van der Waals surface area contributed by atoms with Crippen molar-refractivity contribution in [3.05, 3.63) is 24.3 Å². The zero-order chi connectivity index (χ0) is 13.9. The van der Waals surface area contributed by atoms with Crippen LogP contribution in [0.5, 0.6) is 0 Å². The number of allylic oxidation sites excluding steroid dienone is 4. The molecule has 20 heavy (non-hydrogen) atoms. The average Bonchev–Trinajstić information content (AvgIpc) is 2.50. The van der Waals surface area contributed by atoms with Gasteiger partial charge in [0.15, 0.2) is 0 Å². The second-order valence-corrected chi connectivity index (χ2v) is 6.89. The topological polar surface area (TPSA) is 0 Å². The number of rotatable bonds is 1. The van der Waals surface area contributed by atoms with Gasteiger partial charge in [-0.15, -0.1) is 0 Å². The van der Waals surface area contributed by atoms with E-state index in [9.17, 15) is 0 Å². The molecule has 0 aromatic heterocycles. The van der Waals surface area contributed by atoms with Crippen molar-refractivity contribution < 1.29 is 0 Å². The highest BCUT2D eigenvalue weighted by atomic mass is 14.3. The van der Waals surface area contributed by atoms with Gasteiger partial charge >= 0.3 is 0 Å². The Bertz CT molecular complexity index is 256. The molecule has 0 aromatic rings. The fraction of sp³-hybridized carbons (Fsp3) is 0.800. The molecule has 0 bridgehead atoms. The maximum absolute atomic E-state index is 2.43. The van der Waals surface area contributed by atoms with E-state index in [1.165, 1.54) is 89.9 Å². The number of hydrogen-bond donors (Lipinski definition) is 0. The third kappa shape index (κ3) is 6.29. The maximum atomic E-state index is 2.43. The Hall–Kier alpha value is -0.520. The van der Waals surface area contributed by atoms with Crippen molar-refractivity contribution in [1.29, 1.82) is 0 Å². The molecule has 2 atom stereocenters. The summed E-state index contributed by atoms with van der Waals surface area (Å²) < 4.78 is 0. The first-order valence-electron chi connectivity index (χ1n) is 9.27. The Balaban J connectivity index is 1.86. The zero-order valence-electron chi connectivity index (χ0n) is 13.4. The van der Waals surface area contributed by atoms with Crippen LogP contribution >= 0.6 is 0 Å². The third-order valence-corrected chi connectivity index (χ3v) is 5.28. The molecule has 114 valence electrons. The van der Waals surface area contributed by atoms with Crippen LogP contribution in [0, 0.1) is 11.8 Å². The predicted molar refractivity (Wildman–Crippen MR) is 89.9 cm³/mol. The fourth-order valence-electron chi connectivity index (χ4n) is 4.04. The quantitative estimate of drug-likeness (QED) is 0.460. The SMILES string of the molecule is C1=C\CCCC(C2CCC/C=C\CCCC2)CCCC/1. The minimum Gasteiger partial charge on any atom is -0.0885 e. The van der Waals surface area contributed by atoms with Crippen LogP contribution in [0.2, 0.25) is 0 Å². The van der Waals surface area contributed by atoms with Gasteiger partial charge in [0, 0.05) is 0 Å². The van der Waals surface area contributed by atoms with Crippen LogP contribution in [0.25, 0.3) is 0 Å². The van der Waals surface area contributed by atoms with Crippen LogP contribution in [-0.4, -0.2) is 0 Å². The van der Waals surface area contributed by atoms with E-state index in [0.717, 1.165) is 11.8 Å². The summed E-state index contributed by atoms with van der Waals surface area (Å²) in [7, 11) is 0. The molecular weight excluding hydrogens is 240 g/mol. The van der Waals surface area contributed by atoms with E-state index in [1.807, 2.05) is 0 Å². The fourth-order valence-corrected chi connectivity index (χ4v) is 4.04. The minimum atomic E-state index is 1.03. The first kappa shape index (κ1) is 15.9. The maximum Gasteiger partial charge on any atom is -0.0351 e. The van der Waals surface area contributed by atoms with E-state index in [-0.39, 0.29) is 0 Å². The summed E-state index contributed by atoms with van der Waals surface area (Å²) in [6.45, 7) is 0. The molecule has 2 aliphatic carbocycles. The normalized spacial score (nSPS) is 34.0. The number of hydrogen-bond acceptors (Lipinski definition) is 0. The monoisotopic (exact) mass is 274 g/mol. The molecule has 0 saturated carbocycles. The Kier molecular flexibility index (Phi) is 8.12. The van der Waals surface area contributed by atoms with Gasteiger partial charge in [0.1, 0.15) is 0 Å². The molecule has 0 spiro atoms. The van der Waals surface area contributed by atoms with E-state index in [1.54, 1.807) is 0 Å². The molecule has 0 aliphatic heterocycles. The molecule has 0 aromatic carbocycles. The second kappa shape index (κ2) is 10.2. The zero-order valence-corrected chi connectivity index (χ0v) is 13.4. The van der Waals surface area contributed by atoms with Crippen LogP contribution in [-0.2, 0) is 0 Å². The Morgan fingerprint density at radius 2 is 0.750 bits per heavy atom. The van der Waals surface area contributed by atoms with Crippen LogP contribution in [0.1, 0.15) is 89.9 Å². The Labute approximate surface area is 126 Å². The molecular formula is C20H34. The summed E-state index contributed by atoms with van der Waals surface area (Å²) in [6.07, 6.45) is 29.6. The highest BCUT2D eigenvalue weighted by Crippen LogP contribution is 2.33. The standard InChI is InChI=1S/C20H34/c1-3-7-11-15-19(16-12-8-4-1)20-17-13-9-5-2-6-10-14-18-20/h1-3,5,19-20H,4,6-18H2/b3-1-,5-2-. The van der Waals surface area contributed by atoms with Crippen molar-refractivity contribution in [1.82, 2.24) is 0 Å². The molecule has 0 saturated heterocycles. The minimum absolute atomic E-state index is 1.03. The first-order valence-corrected chi connectivity index (χ1v) is 9.27. The third-order valence-electron chi connectivity index (χ3n) is 5.28. The molecule has 2 rings (SSSR count). The lowest BCUT2D eigenvalue weighted by atomic mass is 9.78. The van der Waals surface area contributed by atoms with Gasteiger partial charge in [0.2, 0.25) is 0 Å². The van der Waals surface area contributed by atoms with Gasteiger partial charge in [-0.2, -0.15) is 0 Å². The van der Waals surface area contributed by atoms with Crippen molar-refractivity contribution in [2.75, 3.05) is 0 Å². The molecule has 0 N–H and O–H groups in total. The summed E-state index contributed by atoms with van der Waals surface area (Å²) >= 11 is 0. The Morgan fingerprint density at radius 3 is 1.20 bits per heavy atom. The highest BCUT2D eigenvalue weighted by Gasteiger charge is 2.20. The molecule has 0 nitrogen and oxygen atoms in total. The molecule has 0 amide bonds. The molecule has 0 radical (unpaired) electrons. The second-order valence-electron chi connectivity index (χ2n) is 6.89. The predicted octanol–water partition coefficient (Wildman–Crippen LogP) is 6.82. The molecule has 2 unspecified atom stereocenters. The van der Waals surface area contributed by atoms with Gasteiger partial charge in [0.25, 0.3) is 0 Å². The van der Waals surface area contributed by atoms with E-state index in [2.05, 4.69) is 24.3 Å². The van der Waals surface area contributed by atoms with E-state index >= 15 is 0 Å². The summed E-state index contributed by atoms with van der Waals surface area (Å²) in [6, 6.07) is 0. The van der Waals surface area contributed by atoms with Gasteiger partial charge < -0.3 is 0 Å². The average molecular weight is 274 g/mol. The van der Waals surface area contributed by atoms with Crippen LogP contribution in [0.3, 0.4) is 0 Å². The van der Waals surface area contributed by atoms with Gasteiger partial charge in [-0.3, -0.25) is 0 Å². The molecule has 2 aliphatic rings. The van der Waals surface area contributed by atoms with E-state index < -0.39 is 0 Å². The summed E-state index contributed by atoms with van der Waals surface area (Å²) in [5.74, 6) is 2.06. The Morgan fingerprint density at radius 1 is 0.400 bits per heavy atom. The first-order chi connectivity index (χ1) is 9.97. The van der Waals surface area contributed by atoms with E-state index in [0.29, 0.717) is 0 Å². The van der Waals surface area contributed by atoms with Gasteiger partial charge in [-0.05, 0) is 76.0 Å². The van der Waals surface area contributed by atoms with Crippen LogP contribution < -0.4 is 0 Å². The highest BCUT2D eigenvalue weighted by molar-refractivity contribution is 4.85. The van der Waals surface area contributed by atoms with Crippen LogP contribution in [0.4, 0.5) is 0 Å². The van der Waals surface area contributed by atoms with Gasteiger partial charge in [-0.1, -0.05) is 50.0 Å². The summed E-state index contributed by atoms with van der Waals surface area (Å²) in [4.78, 5) is 0. The molecule has 0 heteroatoms. The lowest BCUT2D eigenvalue weighted by Gasteiger charge is -2.28. The van der Waals surface area contributed by atoms with Crippen LogP contribution in [0.15, 0.2) is 24.3 Å². The van der Waals surface area contributed by atoms with E-state index in [4.69, 9.17) is 0 Å². The van der Waals surface area contributed by atoms with Crippen molar-refractivity contribution in [2.24, 2.45) is 11.8 Å². The smallest absolute Gasteiger partial charge is 0.0351 e.